The van der Waals surface area contributed by atoms with Gasteiger partial charge < -0.3 is 0 Å². The zero-order chi connectivity index (χ0) is 15.4. The third-order valence-corrected chi connectivity index (χ3v) is 5.99. The number of rotatable bonds is 7. The van der Waals surface area contributed by atoms with Crippen molar-refractivity contribution in [2.75, 3.05) is 19.8 Å². The van der Waals surface area contributed by atoms with E-state index in [1.807, 2.05) is 58.0 Å². The van der Waals surface area contributed by atoms with Gasteiger partial charge in [-0.1, -0.05) is 0 Å². The normalized spacial score (nSPS) is 21.2. The first kappa shape index (κ1) is 16.2. The molecule has 1 heterocycles. The van der Waals surface area contributed by atoms with E-state index in [9.17, 15) is 0 Å². The van der Waals surface area contributed by atoms with Crippen LogP contribution in [0.25, 0.3) is 5.76 Å². The number of allylic oxidation sites excluding steroid dienone is 1. The van der Waals surface area contributed by atoms with Gasteiger partial charge in [-0.2, -0.15) is 0 Å². The van der Waals surface area contributed by atoms with Gasteiger partial charge in [0.1, 0.15) is 0 Å². The summed E-state index contributed by atoms with van der Waals surface area (Å²) in [6.45, 7) is 8.50. The van der Waals surface area contributed by atoms with Gasteiger partial charge in [0.2, 0.25) is 0 Å². The molecule has 0 fully saturated rings. The van der Waals surface area contributed by atoms with Crippen molar-refractivity contribution in [3.63, 3.8) is 0 Å². The van der Waals surface area contributed by atoms with Crippen LogP contribution in [-0.2, 0) is 22.6 Å². The van der Waals surface area contributed by atoms with E-state index in [2.05, 4.69) is 0 Å². The van der Waals surface area contributed by atoms with Crippen molar-refractivity contribution in [2.45, 2.75) is 27.7 Å². The van der Waals surface area contributed by atoms with Crippen LogP contribution in [0.1, 0.15) is 33.3 Å². The Morgan fingerprint density at radius 1 is 0.857 bits per heavy atom. The van der Waals surface area contributed by atoms with Gasteiger partial charge >= 0.3 is 125 Å². The molecule has 1 aliphatic heterocycles. The van der Waals surface area contributed by atoms with Crippen LogP contribution in [0.3, 0.4) is 0 Å². The van der Waals surface area contributed by atoms with Gasteiger partial charge in [0, 0.05) is 0 Å². The van der Waals surface area contributed by atoms with Crippen LogP contribution >= 0.6 is 7.74 Å². The van der Waals surface area contributed by atoms with Crippen molar-refractivity contribution >= 4 is 13.5 Å². The minimum absolute atomic E-state index is 0.368. The first-order chi connectivity index (χ1) is 10.1. The molecule has 0 saturated heterocycles. The van der Waals surface area contributed by atoms with Crippen LogP contribution in [-0.4, -0.2) is 19.8 Å². The molecule has 1 aromatic carbocycles. The first-order valence-electron chi connectivity index (χ1n) is 7.22. The van der Waals surface area contributed by atoms with Crippen molar-refractivity contribution in [2.24, 2.45) is 0 Å². The fourth-order valence-corrected chi connectivity index (χ4v) is 5.15. The molecule has 0 N–H and O–H groups in total. The molecule has 0 spiro atoms. The van der Waals surface area contributed by atoms with Crippen LogP contribution in [0.2, 0.25) is 0 Å². The Kier molecular flexibility index (Phi) is 4.89. The van der Waals surface area contributed by atoms with Crippen LogP contribution in [0.5, 0.6) is 0 Å². The topological polar surface area (TPSA) is 46.2 Å². The van der Waals surface area contributed by atoms with Gasteiger partial charge in [-0.3, -0.25) is 0 Å². The molecule has 118 valence electrons. The quantitative estimate of drug-likeness (QED) is 0.685. The molecule has 1 aliphatic rings. The predicted octanol–water partition coefficient (Wildman–Crippen LogP) is 4.66. The maximum atomic E-state index is 6.08. The zero-order valence-electron chi connectivity index (χ0n) is 13.0. The first-order valence-corrected chi connectivity index (χ1v) is 9.04. The number of hydrogen-bond acceptors (Lipinski definition) is 5. The minimum atomic E-state index is -4.05. The van der Waals surface area contributed by atoms with Gasteiger partial charge in [-0.05, 0) is 0 Å². The molecule has 0 amide bonds. The van der Waals surface area contributed by atoms with E-state index in [0.717, 1.165) is 5.56 Å². The van der Waals surface area contributed by atoms with Crippen molar-refractivity contribution < 1.29 is 22.6 Å². The van der Waals surface area contributed by atoms with Crippen molar-refractivity contribution in [3.8, 4) is 0 Å². The summed E-state index contributed by atoms with van der Waals surface area (Å²) in [5.41, 5.74) is 0.903. The summed E-state index contributed by atoms with van der Waals surface area (Å²) < 4.78 is 29.4. The SMILES string of the molecule is CCOP1(OCC)(OCC)OC(C)=C(c2ccccc2)O1. The van der Waals surface area contributed by atoms with E-state index in [0.29, 0.717) is 31.3 Å². The second kappa shape index (κ2) is 6.32. The second-order valence-electron chi connectivity index (χ2n) is 4.43. The fraction of sp³-hybridized carbons (Fsp3) is 0.467. The molecule has 0 atom stereocenters. The third kappa shape index (κ3) is 3.06. The van der Waals surface area contributed by atoms with E-state index >= 15 is 0 Å². The van der Waals surface area contributed by atoms with Gasteiger partial charge in [-0.15, -0.1) is 0 Å². The molecule has 5 nitrogen and oxygen atoms in total. The molecule has 0 saturated carbocycles. The summed E-state index contributed by atoms with van der Waals surface area (Å²) in [5, 5.41) is 0. The molecule has 0 unspecified atom stereocenters. The molecule has 1 aromatic rings. The molecule has 0 aliphatic carbocycles. The predicted molar refractivity (Wildman–Crippen MR) is 83.0 cm³/mol. The average molecular weight is 314 g/mol. The Labute approximate surface area is 126 Å². The molecule has 0 radical (unpaired) electrons. The van der Waals surface area contributed by atoms with E-state index < -0.39 is 7.74 Å². The second-order valence-corrected chi connectivity index (χ2v) is 7.06. The molecular weight excluding hydrogens is 291 g/mol. The zero-order valence-corrected chi connectivity index (χ0v) is 13.9. The van der Waals surface area contributed by atoms with Crippen LogP contribution in [0.4, 0.5) is 0 Å². The van der Waals surface area contributed by atoms with E-state index in [4.69, 9.17) is 22.6 Å². The summed E-state index contributed by atoms with van der Waals surface area (Å²) in [4.78, 5) is 0. The molecule has 6 heteroatoms. The van der Waals surface area contributed by atoms with Gasteiger partial charge in [0.25, 0.3) is 0 Å². The Hall–Kier alpha value is -1.13. The Bertz CT molecular complexity index is 494. The van der Waals surface area contributed by atoms with E-state index in [1.165, 1.54) is 0 Å². The van der Waals surface area contributed by atoms with E-state index in [-0.39, 0.29) is 0 Å². The van der Waals surface area contributed by atoms with Crippen LogP contribution < -0.4 is 0 Å². The van der Waals surface area contributed by atoms with Gasteiger partial charge in [0.05, 0.1) is 0 Å². The Balaban J connectivity index is 2.40. The third-order valence-electron chi connectivity index (χ3n) is 2.90. The van der Waals surface area contributed by atoms with Gasteiger partial charge in [-0.25, -0.2) is 0 Å². The molecule has 0 bridgehead atoms. The van der Waals surface area contributed by atoms with Crippen LogP contribution in [0, 0.1) is 0 Å². The van der Waals surface area contributed by atoms with Crippen molar-refractivity contribution in [3.05, 3.63) is 41.7 Å². The maximum absolute atomic E-state index is 6.08. The average Bonchev–Trinajstić information content (AvgIpc) is 2.75. The summed E-state index contributed by atoms with van der Waals surface area (Å²) in [5.74, 6) is 1.21. The molecule has 21 heavy (non-hydrogen) atoms. The fourth-order valence-electron chi connectivity index (χ4n) is 2.24. The summed E-state index contributed by atoms with van der Waals surface area (Å²) in [6, 6.07) is 9.72. The van der Waals surface area contributed by atoms with Crippen molar-refractivity contribution in [1.29, 1.82) is 0 Å². The standard InChI is InChI=1S/C15H23O5P/c1-5-16-21(17-6-2,18-7-3)19-13(4)15(20-21)14-11-9-8-10-12-14/h8-12H,5-7H2,1-4H3. The summed E-state index contributed by atoms with van der Waals surface area (Å²) >= 11 is 0. The number of benzene rings is 1. The monoisotopic (exact) mass is 314 g/mol. The Morgan fingerprint density at radius 3 is 1.86 bits per heavy atom. The Morgan fingerprint density at radius 2 is 1.38 bits per heavy atom. The number of hydrogen-bond donors (Lipinski definition) is 0. The summed E-state index contributed by atoms with van der Waals surface area (Å²) in [6.07, 6.45) is 0. The van der Waals surface area contributed by atoms with E-state index in [1.54, 1.807) is 0 Å². The molecular formula is C15H23O5P. The van der Waals surface area contributed by atoms with Crippen molar-refractivity contribution in [1.82, 2.24) is 0 Å². The molecule has 0 aromatic heterocycles. The summed E-state index contributed by atoms with van der Waals surface area (Å²) in [7, 11) is -4.05. The van der Waals surface area contributed by atoms with Crippen LogP contribution in [0.15, 0.2) is 36.1 Å². The molecule has 2 rings (SSSR count). The van der Waals surface area contributed by atoms with Gasteiger partial charge in [0.15, 0.2) is 0 Å².